The topological polar surface area (TPSA) is 33.3 Å². The molecule has 2 aromatic carbocycles. The minimum Gasteiger partial charge on any atom is -0.496 e. The van der Waals surface area contributed by atoms with E-state index in [2.05, 4.69) is 47.0 Å². The fourth-order valence-electron chi connectivity index (χ4n) is 2.84. The molecule has 0 saturated carbocycles. The van der Waals surface area contributed by atoms with Crippen LogP contribution >= 0.6 is 0 Å². The van der Waals surface area contributed by atoms with Crippen molar-refractivity contribution in [2.45, 2.75) is 18.9 Å². The van der Waals surface area contributed by atoms with Crippen molar-refractivity contribution in [1.29, 1.82) is 0 Å². The summed E-state index contributed by atoms with van der Waals surface area (Å²) in [7, 11) is 1.72. The number of rotatable bonds is 4. The van der Waals surface area contributed by atoms with Gasteiger partial charge in [0.15, 0.2) is 0 Å². The Morgan fingerprint density at radius 2 is 1.81 bits per heavy atom. The highest BCUT2D eigenvalue weighted by molar-refractivity contribution is 5.74. The molecule has 1 heterocycles. The molecule has 0 bridgehead atoms. The van der Waals surface area contributed by atoms with Crippen LogP contribution in [0.3, 0.4) is 0 Å². The third kappa shape index (κ3) is 3.37. The number of benzene rings is 2. The maximum absolute atomic E-state index is 5.51. The lowest BCUT2D eigenvalue weighted by Gasteiger charge is -2.25. The molecule has 3 nitrogen and oxygen atoms in total. The van der Waals surface area contributed by atoms with Crippen LogP contribution in [0.25, 0.3) is 11.1 Å². The molecule has 0 radical (unpaired) electrons. The Balaban J connectivity index is 1.86. The van der Waals surface area contributed by atoms with Crippen molar-refractivity contribution in [2.24, 2.45) is 0 Å². The van der Waals surface area contributed by atoms with Crippen LogP contribution in [0.1, 0.15) is 12.8 Å². The van der Waals surface area contributed by atoms with Crippen LogP contribution in [0.4, 0.5) is 5.69 Å². The SMILES string of the molecule is COc1ccc(NC2CCNCC2)cc1-c1ccccc1. The van der Waals surface area contributed by atoms with E-state index in [-0.39, 0.29) is 0 Å². The zero-order valence-electron chi connectivity index (χ0n) is 12.4. The summed E-state index contributed by atoms with van der Waals surface area (Å²) < 4.78 is 5.51. The molecule has 1 saturated heterocycles. The molecule has 1 aliphatic heterocycles. The van der Waals surface area contributed by atoms with Gasteiger partial charge in [0.2, 0.25) is 0 Å². The molecule has 0 unspecified atom stereocenters. The lowest BCUT2D eigenvalue weighted by atomic mass is 10.0. The first-order valence-electron chi connectivity index (χ1n) is 7.57. The predicted octanol–water partition coefficient (Wildman–Crippen LogP) is 3.53. The molecule has 2 aromatic rings. The monoisotopic (exact) mass is 282 g/mol. The Morgan fingerprint density at radius 1 is 1.05 bits per heavy atom. The van der Waals surface area contributed by atoms with Gasteiger partial charge in [-0.05, 0) is 49.7 Å². The first-order chi connectivity index (χ1) is 10.4. The Bertz CT molecular complexity index is 577. The zero-order valence-corrected chi connectivity index (χ0v) is 12.4. The number of hydrogen-bond donors (Lipinski definition) is 2. The lowest BCUT2D eigenvalue weighted by Crippen LogP contribution is -2.35. The smallest absolute Gasteiger partial charge is 0.126 e. The second-order valence-electron chi connectivity index (χ2n) is 5.45. The van der Waals surface area contributed by atoms with Crippen LogP contribution < -0.4 is 15.4 Å². The van der Waals surface area contributed by atoms with Gasteiger partial charge < -0.3 is 15.4 Å². The van der Waals surface area contributed by atoms with Crippen molar-refractivity contribution in [1.82, 2.24) is 5.32 Å². The van der Waals surface area contributed by atoms with Crippen molar-refractivity contribution < 1.29 is 4.74 Å². The predicted molar refractivity (Wildman–Crippen MR) is 87.9 cm³/mol. The van der Waals surface area contributed by atoms with Crippen LogP contribution in [0, 0.1) is 0 Å². The van der Waals surface area contributed by atoms with Crippen molar-refractivity contribution in [3.8, 4) is 16.9 Å². The third-order valence-electron chi connectivity index (χ3n) is 3.99. The van der Waals surface area contributed by atoms with Gasteiger partial charge in [-0.15, -0.1) is 0 Å². The van der Waals surface area contributed by atoms with Gasteiger partial charge in [0.05, 0.1) is 7.11 Å². The van der Waals surface area contributed by atoms with Crippen LogP contribution in [-0.4, -0.2) is 26.2 Å². The number of methoxy groups -OCH3 is 1. The molecule has 2 N–H and O–H groups in total. The fourth-order valence-corrected chi connectivity index (χ4v) is 2.84. The minimum atomic E-state index is 0.559. The summed E-state index contributed by atoms with van der Waals surface area (Å²) in [5.41, 5.74) is 3.49. The van der Waals surface area contributed by atoms with Gasteiger partial charge in [-0.25, -0.2) is 0 Å². The molecule has 0 aromatic heterocycles. The van der Waals surface area contributed by atoms with Crippen LogP contribution in [0.5, 0.6) is 5.75 Å². The first kappa shape index (κ1) is 14.0. The molecule has 1 aliphatic rings. The van der Waals surface area contributed by atoms with Gasteiger partial charge in [0.1, 0.15) is 5.75 Å². The molecular weight excluding hydrogens is 260 g/mol. The lowest BCUT2D eigenvalue weighted by molar-refractivity contribution is 0.416. The highest BCUT2D eigenvalue weighted by Gasteiger charge is 2.13. The highest BCUT2D eigenvalue weighted by atomic mass is 16.5. The van der Waals surface area contributed by atoms with Crippen LogP contribution in [0.2, 0.25) is 0 Å². The van der Waals surface area contributed by atoms with Gasteiger partial charge in [0, 0.05) is 17.3 Å². The fraction of sp³-hybridized carbons (Fsp3) is 0.333. The molecule has 0 aliphatic carbocycles. The van der Waals surface area contributed by atoms with E-state index in [1.165, 1.54) is 24.1 Å². The molecule has 3 heteroatoms. The maximum atomic E-state index is 5.51. The van der Waals surface area contributed by atoms with E-state index in [0.29, 0.717) is 6.04 Å². The highest BCUT2D eigenvalue weighted by Crippen LogP contribution is 2.32. The van der Waals surface area contributed by atoms with E-state index >= 15 is 0 Å². The van der Waals surface area contributed by atoms with Gasteiger partial charge in [-0.1, -0.05) is 30.3 Å². The van der Waals surface area contributed by atoms with Gasteiger partial charge in [-0.3, -0.25) is 0 Å². The summed E-state index contributed by atoms with van der Waals surface area (Å²) in [4.78, 5) is 0. The number of piperidine rings is 1. The molecule has 0 spiro atoms. The summed E-state index contributed by atoms with van der Waals surface area (Å²) in [6.45, 7) is 2.19. The van der Waals surface area contributed by atoms with E-state index in [4.69, 9.17) is 4.74 Å². The average molecular weight is 282 g/mol. The Labute approximate surface area is 126 Å². The van der Waals surface area contributed by atoms with Crippen molar-refractivity contribution in [3.05, 3.63) is 48.5 Å². The number of ether oxygens (including phenoxy) is 1. The van der Waals surface area contributed by atoms with Crippen LogP contribution in [0.15, 0.2) is 48.5 Å². The van der Waals surface area contributed by atoms with Gasteiger partial charge in [0.25, 0.3) is 0 Å². The molecule has 1 fully saturated rings. The number of hydrogen-bond acceptors (Lipinski definition) is 3. The number of anilines is 1. The molecule has 3 rings (SSSR count). The second kappa shape index (κ2) is 6.64. The molecular formula is C18H22N2O. The summed E-state index contributed by atoms with van der Waals surface area (Å²) in [6.07, 6.45) is 2.35. The van der Waals surface area contributed by atoms with Crippen LogP contribution in [-0.2, 0) is 0 Å². The first-order valence-corrected chi connectivity index (χ1v) is 7.57. The van der Waals surface area contributed by atoms with Crippen molar-refractivity contribution in [2.75, 3.05) is 25.5 Å². The molecule has 110 valence electrons. The average Bonchev–Trinajstić information content (AvgIpc) is 2.56. The van der Waals surface area contributed by atoms with Crippen molar-refractivity contribution in [3.63, 3.8) is 0 Å². The Morgan fingerprint density at radius 3 is 2.52 bits per heavy atom. The van der Waals surface area contributed by atoms with Crippen molar-refractivity contribution >= 4 is 5.69 Å². The zero-order chi connectivity index (χ0) is 14.5. The molecule has 0 amide bonds. The standard InChI is InChI=1S/C18H22N2O/c1-21-18-8-7-16(20-15-9-11-19-12-10-15)13-17(18)14-5-3-2-4-6-14/h2-8,13,15,19-20H,9-12H2,1H3. The maximum Gasteiger partial charge on any atom is 0.126 e. The molecule has 0 atom stereocenters. The van der Waals surface area contributed by atoms with Gasteiger partial charge in [-0.2, -0.15) is 0 Å². The normalized spacial score (nSPS) is 15.7. The summed E-state index contributed by atoms with van der Waals surface area (Å²) in [5, 5.41) is 7.04. The van der Waals surface area contributed by atoms with E-state index in [0.717, 1.165) is 24.4 Å². The molecule has 21 heavy (non-hydrogen) atoms. The Hall–Kier alpha value is -2.00. The summed E-state index contributed by atoms with van der Waals surface area (Å²) in [5.74, 6) is 0.914. The second-order valence-corrected chi connectivity index (χ2v) is 5.45. The minimum absolute atomic E-state index is 0.559. The third-order valence-corrected chi connectivity index (χ3v) is 3.99. The van der Waals surface area contributed by atoms with Gasteiger partial charge >= 0.3 is 0 Å². The van der Waals surface area contributed by atoms with E-state index in [9.17, 15) is 0 Å². The largest absolute Gasteiger partial charge is 0.496 e. The quantitative estimate of drug-likeness (QED) is 0.900. The summed E-state index contributed by atoms with van der Waals surface area (Å²) in [6, 6.07) is 17.3. The van der Waals surface area contributed by atoms with E-state index in [1.807, 2.05) is 12.1 Å². The van der Waals surface area contributed by atoms with E-state index in [1.54, 1.807) is 7.11 Å². The summed E-state index contributed by atoms with van der Waals surface area (Å²) >= 11 is 0. The van der Waals surface area contributed by atoms with E-state index < -0.39 is 0 Å². The number of nitrogens with one attached hydrogen (secondary N) is 2. The Kier molecular flexibility index (Phi) is 4.41.